The summed E-state index contributed by atoms with van der Waals surface area (Å²) in [4.78, 5) is 16.3. The summed E-state index contributed by atoms with van der Waals surface area (Å²) in [5.74, 6) is 1.78. The molecule has 1 saturated heterocycles. The molecule has 1 N–H and O–H groups in total. The standard InChI is InChI=1S/C19H21N5/c1-2-9-17-16(8-1)19(21-13-15-7-3-4-10-20-15)23-18(22-17)14-24-11-5-6-12-24/h1-4,7-10H,5-6,11-14H2,(H,21,22,23). The molecule has 2 aromatic heterocycles. The van der Waals surface area contributed by atoms with E-state index in [1.807, 2.05) is 36.5 Å². The molecule has 4 rings (SSSR count). The molecule has 3 heterocycles. The molecule has 5 heteroatoms. The molecule has 0 bridgehead atoms. The minimum absolute atomic E-state index is 0.658. The van der Waals surface area contributed by atoms with Crippen molar-refractivity contribution in [2.45, 2.75) is 25.9 Å². The van der Waals surface area contributed by atoms with Gasteiger partial charge in [0.15, 0.2) is 0 Å². The summed E-state index contributed by atoms with van der Waals surface area (Å²) < 4.78 is 0. The molecule has 3 aromatic rings. The molecule has 0 spiro atoms. The number of para-hydroxylation sites is 1. The third kappa shape index (κ3) is 3.36. The normalized spacial score (nSPS) is 15.0. The molecule has 122 valence electrons. The van der Waals surface area contributed by atoms with Gasteiger partial charge in [0, 0.05) is 11.6 Å². The Morgan fingerprint density at radius 1 is 0.958 bits per heavy atom. The first kappa shape index (κ1) is 15.0. The minimum Gasteiger partial charge on any atom is -0.364 e. The van der Waals surface area contributed by atoms with E-state index in [1.165, 1.54) is 12.8 Å². The first-order valence-corrected chi connectivity index (χ1v) is 8.50. The van der Waals surface area contributed by atoms with E-state index in [0.717, 1.165) is 47.9 Å². The molecule has 0 aliphatic carbocycles. The zero-order valence-electron chi connectivity index (χ0n) is 13.7. The van der Waals surface area contributed by atoms with Crippen molar-refractivity contribution in [3.63, 3.8) is 0 Å². The lowest BCUT2D eigenvalue weighted by molar-refractivity contribution is 0.323. The smallest absolute Gasteiger partial charge is 0.145 e. The fourth-order valence-electron chi connectivity index (χ4n) is 3.15. The number of likely N-dealkylation sites (tertiary alicyclic amines) is 1. The minimum atomic E-state index is 0.658. The maximum absolute atomic E-state index is 4.79. The average molecular weight is 319 g/mol. The van der Waals surface area contributed by atoms with Crippen molar-refractivity contribution >= 4 is 16.7 Å². The molecular weight excluding hydrogens is 298 g/mol. The van der Waals surface area contributed by atoms with Crippen molar-refractivity contribution in [1.29, 1.82) is 0 Å². The number of hydrogen-bond donors (Lipinski definition) is 1. The lowest BCUT2D eigenvalue weighted by Crippen LogP contribution is -2.20. The van der Waals surface area contributed by atoms with Crippen molar-refractivity contribution in [2.75, 3.05) is 18.4 Å². The van der Waals surface area contributed by atoms with E-state index in [1.54, 1.807) is 0 Å². The van der Waals surface area contributed by atoms with Crippen LogP contribution in [0.4, 0.5) is 5.82 Å². The van der Waals surface area contributed by atoms with E-state index in [-0.39, 0.29) is 0 Å². The van der Waals surface area contributed by atoms with E-state index in [0.29, 0.717) is 6.54 Å². The predicted octanol–water partition coefficient (Wildman–Crippen LogP) is 3.23. The van der Waals surface area contributed by atoms with Gasteiger partial charge in [-0.2, -0.15) is 0 Å². The van der Waals surface area contributed by atoms with Gasteiger partial charge in [-0.3, -0.25) is 9.88 Å². The Labute approximate surface area is 141 Å². The number of hydrogen-bond acceptors (Lipinski definition) is 5. The Kier molecular flexibility index (Phi) is 4.34. The van der Waals surface area contributed by atoms with Crippen LogP contribution >= 0.6 is 0 Å². The van der Waals surface area contributed by atoms with Crippen molar-refractivity contribution in [3.05, 3.63) is 60.2 Å². The first-order valence-electron chi connectivity index (χ1n) is 8.50. The Balaban J connectivity index is 1.61. The molecule has 24 heavy (non-hydrogen) atoms. The summed E-state index contributed by atoms with van der Waals surface area (Å²) in [6.07, 6.45) is 4.37. The summed E-state index contributed by atoms with van der Waals surface area (Å²) in [7, 11) is 0. The number of anilines is 1. The zero-order chi connectivity index (χ0) is 16.2. The number of fused-ring (bicyclic) bond motifs is 1. The van der Waals surface area contributed by atoms with E-state index in [2.05, 4.69) is 27.3 Å². The molecule has 1 aromatic carbocycles. The second-order valence-electron chi connectivity index (χ2n) is 6.16. The predicted molar refractivity (Wildman–Crippen MR) is 95.6 cm³/mol. The molecule has 0 unspecified atom stereocenters. The molecule has 1 aliphatic rings. The monoisotopic (exact) mass is 319 g/mol. The van der Waals surface area contributed by atoms with Gasteiger partial charge in [-0.15, -0.1) is 0 Å². The highest BCUT2D eigenvalue weighted by atomic mass is 15.2. The number of benzene rings is 1. The van der Waals surface area contributed by atoms with E-state index < -0.39 is 0 Å². The maximum atomic E-state index is 4.79. The average Bonchev–Trinajstić information content (AvgIpc) is 3.13. The van der Waals surface area contributed by atoms with Gasteiger partial charge in [-0.05, 0) is 50.2 Å². The van der Waals surface area contributed by atoms with Gasteiger partial charge in [0.1, 0.15) is 11.6 Å². The molecular formula is C19H21N5. The number of aromatic nitrogens is 3. The second-order valence-corrected chi connectivity index (χ2v) is 6.16. The summed E-state index contributed by atoms with van der Waals surface area (Å²) in [5.41, 5.74) is 1.99. The maximum Gasteiger partial charge on any atom is 0.145 e. The lowest BCUT2D eigenvalue weighted by Gasteiger charge is -2.15. The summed E-state index contributed by atoms with van der Waals surface area (Å²) >= 11 is 0. The molecule has 1 fully saturated rings. The largest absolute Gasteiger partial charge is 0.364 e. The highest BCUT2D eigenvalue weighted by Crippen LogP contribution is 2.21. The van der Waals surface area contributed by atoms with Crippen LogP contribution in [0.3, 0.4) is 0 Å². The van der Waals surface area contributed by atoms with Gasteiger partial charge in [-0.25, -0.2) is 9.97 Å². The molecule has 0 radical (unpaired) electrons. The SMILES string of the molecule is c1ccc(CNc2nc(CN3CCCC3)nc3ccccc23)nc1. The Morgan fingerprint density at radius 2 is 1.79 bits per heavy atom. The topological polar surface area (TPSA) is 53.9 Å². The van der Waals surface area contributed by atoms with E-state index in [9.17, 15) is 0 Å². The molecule has 0 atom stereocenters. The van der Waals surface area contributed by atoms with Crippen LogP contribution in [0.15, 0.2) is 48.7 Å². The van der Waals surface area contributed by atoms with E-state index in [4.69, 9.17) is 9.97 Å². The Morgan fingerprint density at radius 3 is 2.62 bits per heavy atom. The zero-order valence-corrected chi connectivity index (χ0v) is 13.7. The second kappa shape index (κ2) is 6.93. The van der Waals surface area contributed by atoms with Gasteiger partial charge in [0.2, 0.25) is 0 Å². The number of nitrogens with zero attached hydrogens (tertiary/aromatic N) is 4. The van der Waals surface area contributed by atoms with Crippen LogP contribution in [-0.2, 0) is 13.1 Å². The van der Waals surface area contributed by atoms with Crippen molar-refractivity contribution < 1.29 is 0 Å². The van der Waals surface area contributed by atoms with E-state index >= 15 is 0 Å². The Bertz CT molecular complexity index is 812. The van der Waals surface area contributed by atoms with Crippen LogP contribution in [0.2, 0.25) is 0 Å². The van der Waals surface area contributed by atoms with Crippen LogP contribution in [0.25, 0.3) is 10.9 Å². The van der Waals surface area contributed by atoms with Gasteiger partial charge < -0.3 is 5.32 Å². The molecule has 0 saturated carbocycles. The van der Waals surface area contributed by atoms with Crippen molar-refractivity contribution in [3.8, 4) is 0 Å². The quantitative estimate of drug-likeness (QED) is 0.782. The Hall–Kier alpha value is -2.53. The summed E-state index contributed by atoms with van der Waals surface area (Å²) in [6.45, 7) is 3.77. The van der Waals surface area contributed by atoms with Gasteiger partial charge in [0.25, 0.3) is 0 Å². The van der Waals surface area contributed by atoms with Crippen LogP contribution in [0.1, 0.15) is 24.4 Å². The third-order valence-corrected chi connectivity index (χ3v) is 4.38. The fourth-order valence-corrected chi connectivity index (χ4v) is 3.15. The third-order valence-electron chi connectivity index (χ3n) is 4.38. The summed E-state index contributed by atoms with van der Waals surface area (Å²) in [6, 6.07) is 14.1. The van der Waals surface area contributed by atoms with Gasteiger partial charge >= 0.3 is 0 Å². The van der Waals surface area contributed by atoms with Gasteiger partial charge in [-0.1, -0.05) is 18.2 Å². The molecule has 1 aliphatic heterocycles. The molecule has 0 amide bonds. The van der Waals surface area contributed by atoms with Crippen LogP contribution in [0, 0.1) is 0 Å². The van der Waals surface area contributed by atoms with Crippen LogP contribution < -0.4 is 5.32 Å². The van der Waals surface area contributed by atoms with Crippen molar-refractivity contribution in [2.24, 2.45) is 0 Å². The molecule has 5 nitrogen and oxygen atoms in total. The lowest BCUT2D eigenvalue weighted by atomic mass is 10.2. The van der Waals surface area contributed by atoms with Crippen LogP contribution in [-0.4, -0.2) is 32.9 Å². The van der Waals surface area contributed by atoms with Crippen LogP contribution in [0.5, 0.6) is 0 Å². The highest BCUT2D eigenvalue weighted by Gasteiger charge is 2.15. The van der Waals surface area contributed by atoms with Crippen molar-refractivity contribution in [1.82, 2.24) is 19.9 Å². The summed E-state index contributed by atoms with van der Waals surface area (Å²) in [5, 5.41) is 4.49. The number of pyridine rings is 1. The number of nitrogens with one attached hydrogen (secondary N) is 1. The fraction of sp³-hybridized carbons (Fsp3) is 0.316. The van der Waals surface area contributed by atoms with Gasteiger partial charge in [0.05, 0.1) is 24.3 Å². The highest BCUT2D eigenvalue weighted by molar-refractivity contribution is 5.88. The number of rotatable bonds is 5. The first-order chi connectivity index (χ1) is 11.9.